The van der Waals surface area contributed by atoms with Crippen molar-refractivity contribution < 1.29 is 0 Å². The molecular weight excluding hydrogens is 152 g/mol. The molecule has 64 valence electrons. The zero-order valence-corrected chi connectivity index (χ0v) is 7.31. The van der Waals surface area contributed by atoms with Crippen molar-refractivity contribution in [2.45, 2.75) is 6.92 Å². The van der Waals surface area contributed by atoms with Gasteiger partial charge < -0.3 is 0 Å². The average molecular weight is 164 g/mol. The van der Waals surface area contributed by atoms with E-state index in [1.54, 1.807) is 11.2 Å². The van der Waals surface area contributed by atoms with Crippen LogP contribution in [0.4, 0.5) is 5.82 Å². The molecule has 0 N–H and O–H groups in total. The Bertz CT molecular complexity index is 244. The minimum absolute atomic E-state index is 0.637. The molecule has 0 aliphatic rings. The Hall–Kier alpha value is -1.45. The van der Waals surface area contributed by atoms with E-state index in [-0.39, 0.29) is 0 Å². The normalized spacial score (nSPS) is 10.5. The van der Waals surface area contributed by atoms with Crippen molar-refractivity contribution in [2.75, 3.05) is 13.6 Å². The quantitative estimate of drug-likeness (QED) is 0.506. The number of aromatic nitrogens is 1. The van der Waals surface area contributed by atoms with Crippen molar-refractivity contribution in [3.05, 3.63) is 24.4 Å². The van der Waals surface area contributed by atoms with Gasteiger partial charge in [0.25, 0.3) is 0 Å². The Labute approximate surface area is 71.9 Å². The largest absolute Gasteiger partial charge is 0.282 e. The molecule has 1 aromatic rings. The highest BCUT2D eigenvalue weighted by Crippen LogP contribution is 2.05. The van der Waals surface area contributed by atoms with Gasteiger partial charge in [-0.2, -0.15) is 0 Å². The highest BCUT2D eigenvalue weighted by Gasteiger charge is 1.88. The molecule has 0 atom stereocenters. The van der Waals surface area contributed by atoms with Gasteiger partial charge in [0.05, 0.1) is 0 Å². The first-order chi connectivity index (χ1) is 5.83. The van der Waals surface area contributed by atoms with Crippen LogP contribution in [0.3, 0.4) is 0 Å². The lowest BCUT2D eigenvalue weighted by Gasteiger charge is -2.04. The zero-order valence-electron chi connectivity index (χ0n) is 7.31. The Balaban J connectivity index is 2.58. The van der Waals surface area contributed by atoms with Crippen LogP contribution in [0.15, 0.2) is 34.7 Å². The van der Waals surface area contributed by atoms with Crippen LogP contribution in [-0.4, -0.2) is 23.6 Å². The molecule has 0 aliphatic heterocycles. The second kappa shape index (κ2) is 4.43. The molecule has 0 radical (unpaired) electrons. The molecule has 0 spiro atoms. The van der Waals surface area contributed by atoms with E-state index >= 15 is 0 Å². The molecule has 1 rings (SSSR count). The molecule has 1 heterocycles. The maximum atomic E-state index is 4.00. The van der Waals surface area contributed by atoms with E-state index in [9.17, 15) is 0 Å². The Morgan fingerprint density at radius 2 is 2.33 bits per heavy atom. The van der Waals surface area contributed by atoms with E-state index < -0.39 is 0 Å². The molecule has 0 amide bonds. The number of pyridine rings is 1. The van der Waals surface area contributed by atoms with Crippen LogP contribution < -0.4 is 0 Å². The topological polar surface area (TPSA) is 40.9 Å². The zero-order chi connectivity index (χ0) is 8.81. The van der Waals surface area contributed by atoms with E-state index in [4.69, 9.17) is 0 Å². The fraction of sp³-hybridized carbons (Fsp3) is 0.375. The minimum Gasteiger partial charge on any atom is -0.282 e. The van der Waals surface area contributed by atoms with Crippen LogP contribution in [0.5, 0.6) is 0 Å². The van der Waals surface area contributed by atoms with Crippen LogP contribution in [0, 0.1) is 0 Å². The van der Waals surface area contributed by atoms with Crippen LogP contribution in [-0.2, 0) is 0 Å². The predicted octanol–water partition coefficient (Wildman–Crippen LogP) is 2.03. The first-order valence-electron chi connectivity index (χ1n) is 3.86. The van der Waals surface area contributed by atoms with Crippen molar-refractivity contribution in [2.24, 2.45) is 10.3 Å². The molecule has 0 aliphatic carbocycles. The molecule has 1 aromatic heterocycles. The summed E-state index contributed by atoms with van der Waals surface area (Å²) in [6.45, 7) is 2.85. The monoisotopic (exact) mass is 164 g/mol. The van der Waals surface area contributed by atoms with E-state index in [1.807, 2.05) is 32.2 Å². The van der Waals surface area contributed by atoms with Gasteiger partial charge in [0.15, 0.2) is 5.82 Å². The fourth-order valence-electron chi connectivity index (χ4n) is 0.598. The lowest BCUT2D eigenvalue weighted by atomic mass is 10.5. The van der Waals surface area contributed by atoms with Gasteiger partial charge >= 0.3 is 0 Å². The van der Waals surface area contributed by atoms with Crippen LogP contribution in [0.2, 0.25) is 0 Å². The second-order valence-corrected chi connectivity index (χ2v) is 2.35. The standard InChI is InChI=1S/C8H12N4/c1-3-12(2)11-10-8-6-4-5-7-9-8/h4-7H,3H2,1-2H3/b11-10-. The maximum absolute atomic E-state index is 4.00. The summed E-state index contributed by atoms with van der Waals surface area (Å²) in [6, 6.07) is 5.54. The maximum Gasteiger partial charge on any atom is 0.176 e. The van der Waals surface area contributed by atoms with Crippen LogP contribution in [0.25, 0.3) is 0 Å². The van der Waals surface area contributed by atoms with Crippen LogP contribution >= 0.6 is 0 Å². The first-order valence-corrected chi connectivity index (χ1v) is 3.86. The van der Waals surface area contributed by atoms with Crippen molar-refractivity contribution in [3.63, 3.8) is 0 Å². The number of hydrogen-bond acceptors (Lipinski definition) is 3. The highest BCUT2D eigenvalue weighted by molar-refractivity contribution is 5.23. The molecule has 0 unspecified atom stereocenters. The smallest absolute Gasteiger partial charge is 0.176 e. The summed E-state index contributed by atoms with van der Waals surface area (Å²) >= 11 is 0. The third-order valence-electron chi connectivity index (χ3n) is 1.41. The number of hydrogen-bond donors (Lipinski definition) is 0. The van der Waals surface area contributed by atoms with Gasteiger partial charge in [0.2, 0.25) is 0 Å². The average Bonchev–Trinajstić information content (AvgIpc) is 2.16. The third-order valence-corrected chi connectivity index (χ3v) is 1.41. The predicted molar refractivity (Wildman–Crippen MR) is 47.1 cm³/mol. The van der Waals surface area contributed by atoms with Gasteiger partial charge in [-0.1, -0.05) is 11.3 Å². The van der Waals surface area contributed by atoms with Gasteiger partial charge in [-0.15, -0.1) is 5.11 Å². The van der Waals surface area contributed by atoms with Gasteiger partial charge in [-0.05, 0) is 19.1 Å². The lowest BCUT2D eigenvalue weighted by Crippen LogP contribution is -2.07. The Morgan fingerprint density at radius 1 is 1.50 bits per heavy atom. The van der Waals surface area contributed by atoms with E-state index in [2.05, 4.69) is 15.3 Å². The molecule has 0 aromatic carbocycles. The molecule has 4 nitrogen and oxygen atoms in total. The van der Waals surface area contributed by atoms with Gasteiger partial charge in [-0.3, -0.25) is 5.01 Å². The molecule has 4 heteroatoms. The van der Waals surface area contributed by atoms with Crippen molar-refractivity contribution in [3.8, 4) is 0 Å². The number of nitrogens with zero attached hydrogens (tertiary/aromatic N) is 4. The van der Waals surface area contributed by atoms with Crippen LogP contribution in [0.1, 0.15) is 6.92 Å². The summed E-state index contributed by atoms with van der Waals surface area (Å²) in [5, 5.41) is 9.57. The molecule has 0 saturated heterocycles. The molecule has 0 saturated carbocycles. The SMILES string of the molecule is CCN(C)/N=N\c1ccccn1. The van der Waals surface area contributed by atoms with Crippen molar-refractivity contribution >= 4 is 5.82 Å². The molecule has 0 bridgehead atoms. The fourth-order valence-corrected chi connectivity index (χ4v) is 0.598. The van der Waals surface area contributed by atoms with E-state index in [0.29, 0.717) is 5.82 Å². The highest BCUT2D eigenvalue weighted by atomic mass is 15.5. The Morgan fingerprint density at radius 3 is 2.92 bits per heavy atom. The van der Waals surface area contributed by atoms with E-state index in [1.165, 1.54) is 0 Å². The minimum atomic E-state index is 0.637. The number of rotatable bonds is 3. The lowest BCUT2D eigenvalue weighted by molar-refractivity contribution is 0.350. The second-order valence-electron chi connectivity index (χ2n) is 2.35. The summed E-state index contributed by atoms with van der Waals surface area (Å²) < 4.78 is 0. The first kappa shape index (κ1) is 8.64. The van der Waals surface area contributed by atoms with Gasteiger partial charge in [0.1, 0.15) is 0 Å². The molecule has 0 fully saturated rings. The van der Waals surface area contributed by atoms with Crippen molar-refractivity contribution in [1.29, 1.82) is 0 Å². The van der Waals surface area contributed by atoms with Gasteiger partial charge in [-0.25, -0.2) is 4.98 Å². The summed E-state index contributed by atoms with van der Waals surface area (Å²) in [6.07, 6.45) is 1.69. The van der Waals surface area contributed by atoms with Gasteiger partial charge in [0, 0.05) is 19.8 Å². The summed E-state index contributed by atoms with van der Waals surface area (Å²) in [7, 11) is 1.87. The van der Waals surface area contributed by atoms with Crippen molar-refractivity contribution in [1.82, 2.24) is 9.99 Å². The summed E-state index contributed by atoms with van der Waals surface area (Å²) in [5.41, 5.74) is 0. The summed E-state index contributed by atoms with van der Waals surface area (Å²) in [4.78, 5) is 4.00. The van der Waals surface area contributed by atoms with E-state index in [0.717, 1.165) is 6.54 Å². The Kier molecular flexibility index (Phi) is 3.19. The molecule has 12 heavy (non-hydrogen) atoms. The third kappa shape index (κ3) is 2.65. The molecular formula is C8H12N4. The summed E-state index contributed by atoms with van der Waals surface area (Å²) in [5.74, 6) is 0.637.